The highest BCUT2D eigenvalue weighted by atomic mass is 19.1. The molecule has 0 aliphatic carbocycles. The second-order valence-corrected chi connectivity index (χ2v) is 3.65. The van der Waals surface area contributed by atoms with Crippen molar-refractivity contribution >= 4 is 0 Å². The summed E-state index contributed by atoms with van der Waals surface area (Å²) in [5.41, 5.74) is 7.11. The maximum Gasteiger partial charge on any atom is 0.127 e. The molecule has 3 nitrogen and oxygen atoms in total. The van der Waals surface area contributed by atoms with Crippen molar-refractivity contribution in [3.63, 3.8) is 0 Å². The number of ether oxygens (including phenoxy) is 1. The number of aromatic nitrogens is 1. The average Bonchev–Trinajstić information content (AvgIpc) is 2.37. The van der Waals surface area contributed by atoms with Crippen LogP contribution in [0.2, 0.25) is 0 Å². The molecule has 0 saturated heterocycles. The summed E-state index contributed by atoms with van der Waals surface area (Å²) in [6, 6.07) is 8.21. The third-order valence-corrected chi connectivity index (χ3v) is 2.30. The molecule has 2 aromatic rings. The van der Waals surface area contributed by atoms with Crippen LogP contribution in [0.5, 0.6) is 5.75 Å². The summed E-state index contributed by atoms with van der Waals surface area (Å²) in [7, 11) is 0. The van der Waals surface area contributed by atoms with E-state index in [4.69, 9.17) is 10.5 Å². The van der Waals surface area contributed by atoms with Crippen molar-refractivity contribution < 1.29 is 9.13 Å². The molecular formula is C13H13FN2O. The van der Waals surface area contributed by atoms with Crippen molar-refractivity contribution in [1.29, 1.82) is 0 Å². The van der Waals surface area contributed by atoms with Gasteiger partial charge in [-0.25, -0.2) is 4.39 Å². The SMILES string of the molecule is NCc1cc(F)cc(OCc2cccnc2)c1. The van der Waals surface area contributed by atoms with Gasteiger partial charge in [-0.05, 0) is 23.8 Å². The number of benzene rings is 1. The van der Waals surface area contributed by atoms with E-state index in [1.165, 1.54) is 12.1 Å². The molecule has 0 spiro atoms. The van der Waals surface area contributed by atoms with Crippen molar-refractivity contribution in [3.05, 3.63) is 59.7 Å². The normalized spacial score (nSPS) is 10.2. The first-order valence-electron chi connectivity index (χ1n) is 5.29. The van der Waals surface area contributed by atoms with Crippen LogP contribution in [0.25, 0.3) is 0 Å². The van der Waals surface area contributed by atoms with E-state index in [0.717, 1.165) is 5.56 Å². The molecule has 0 aliphatic rings. The highest BCUT2D eigenvalue weighted by molar-refractivity contribution is 5.29. The molecule has 0 aliphatic heterocycles. The lowest BCUT2D eigenvalue weighted by atomic mass is 10.2. The van der Waals surface area contributed by atoms with E-state index in [2.05, 4.69) is 4.98 Å². The first-order chi connectivity index (χ1) is 8.28. The van der Waals surface area contributed by atoms with Crippen LogP contribution in [0.4, 0.5) is 4.39 Å². The van der Waals surface area contributed by atoms with Gasteiger partial charge in [0.1, 0.15) is 18.2 Å². The van der Waals surface area contributed by atoms with Gasteiger partial charge in [-0.15, -0.1) is 0 Å². The van der Waals surface area contributed by atoms with Gasteiger partial charge >= 0.3 is 0 Å². The van der Waals surface area contributed by atoms with Gasteiger partial charge in [0.25, 0.3) is 0 Å². The summed E-state index contributed by atoms with van der Waals surface area (Å²) in [4.78, 5) is 3.97. The Hall–Kier alpha value is -1.94. The lowest BCUT2D eigenvalue weighted by Crippen LogP contribution is -2.00. The lowest BCUT2D eigenvalue weighted by molar-refractivity contribution is 0.304. The minimum absolute atomic E-state index is 0.293. The van der Waals surface area contributed by atoms with E-state index in [0.29, 0.717) is 24.5 Å². The number of nitrogens with two attached hydrogens (primary N) is 1. The van der Waals surface area contributed by atoms with E-state index in [1.807, 2.05) is 12.1 Å². The standard InChI is InChI=1S/C13H13FN2O/c14-12-4-11(7-15)5-13(6-12)17-9-10-2-1-3-16-8-10/h1-6,8H,7,9,15H2. The molecule has 1 heterocycles. The Morgan fingerprint density at radius 1 is 1.24 bits per heavy atom. The summed E-state index contributed by atoms with van der Waals surface area (Å²) in [6.45, 7) is 0.655. The molecule has 88 valence electrons. The molecule has 0 radical (unpaired) electrons. The molecular weight excluding hydrogens is 219 g/mol. The molecule has 4 heteroatoms. The zero-order valence-electron chi connectivity index (χ0n) is 9.27. The highest BCUT2D eigenvalue weighted by Crippen LogP contribution is 2.17. The molecule has 0 unspecified atom stereocenters. The van der Waals surface area contributed by atoms with Gasteiger partial charge in [0.2, 0.25) is 0 Å². The Morgan fingerprint density at radius 3 is 2.82 bits per heavy atom. The zero-order valence-corrected chi connectivity index (χ0v) is 9.27. The molecule has 0 amide bonds. The number of hydrogen-bond acceptors (Lipinski definition) is 3. The summed E-state index contributed by atoms with van der Waals surface area (Å²) in [6.07, 6.45) is 3.40. The van der Waals surface area contributed by atoms with Crippen LogP contribution in [-0.4, -0.2) is 4.98 Å². The van der Waals surface area contributed by atoms with Crippen molar-refractivity contribution in [2.24, 2.45) is 5.73 Å². The first kappa shape index (κ1) is 11.5. The number of nitrogens with zero attached hydrogens (tertiary/aromatic N) is 1. The zero-order chi connectivity index (χ0) is 12.1. The fourth-order valence-electron chi connectivity index (χ4n) is 1.47. The number of hydrogen-bond donors (Lipinski definition) is 1. The summed E-state index contributed by atoms with van der Waals surface area (Å²) in [5.74, 6) is 0.142. The summed E-state index contributed by atoms with van der Waals surface area (Å²) < 4.78 is 18.7. The smallest absolute Gasteiger partial charge is 0.127 e. The summed E-state index contributed by atoms with van der Waals surface area (Å²) >= 11 is 0. The minimum Gasteiger partial charge on any atom is -0.489 e. The van der Waals surface area contributed by atoms with Crippen LogP contribution in [0.3, 0.4) is 0 Å². The Labute approximate surface area is 99.1 Å². The molecule has 0 fully saturated rings. The van der Waals surface area contributed by atoms with E-state index in [-0.39, 0.29) is 5.82 Å². The number of pyridine rings is 1. The van der Waals surface area contributed by atoms with Crippen LogP contribution >= 0.6 is 0 Å². The predicted octanol–water partition coefficient (Wildman–Crippen LogP) is 2.26. The van der Waals surface area contributed by atoms with Gasteiger partial charge in [-0.2, -0.15) is 0 Å². The van der Waals surface area contributed by atoms with E-state index < -0.39 is 0 Å². The molecule has 0 saturated carbocycles. The number of rotatable bonds is 4. The van der Waals surface area contributed by atoms with Crippen molar-refractivity contribution in [2.75, 3.05) is 0 Å². The molecule has 0 atom stereocenters. The Kier molecular flexibility index (Phi) is 3.67. The minimum atomic E-state index is -0.339. The van der Waals surface area contributed by atoms with Gasteiger partial charge in [-0.1, -0.05) is 6.07 Å². The Bertz CT molecular complexity index is 488. The van der Waals surface area contributed by atoms with E-state index >= 15 is 0 Å². The Balaban J connectivity index is 2.06. The molecule has 17 heavy (non-hydrogen) atoms. The monoisotopic (exact) mass is 232 g/mol. The number of halogens is 1. The van der Waals surface area contributed by atoms with Crippen LogP contribution in [-0.2, 0) is 13.2 Å². The van der Waals surface area contributed by atoms with Gasteiger partial charge in [0.05, 0.1) is 0 Å². The second kappa shape index (κ2) is 5.41. The Morgan fingerprint density at radius 2 is 2.12 bits per heavy atom. The van der Waals surface area contributed by atoms with Gasteiger partial charge in [0.15, 0.2) is 0 Å². The molecule has 1 aromatic heterocycles. The van der Waals surface area contributed by atoms with Gasteiger partial charge < -0.3 is 10.5 Å². The van der Waals surface area contributed by atoms with Crippen LogP contribution in [0, 0.1) is 5.82 Å². The van der Waals surface area contributed by atoms with Gasteiger partial charge in [-0.3, -0.25) is 4.98 Å². The largest absolute Gasteiger partial charge is 0.489 e. The van der Waals surface area contributed by atoms with Crippen LogP contribution in [0.15, 0.2) is 42.7 Å². The quantitative estimate of drug-likeness (QED) is 0.879. The van der Waals surface area contributed by atoms with Crippen LogP contribution in [0.1, 0.15) is 11.1 Å². The van der Waals surface area contributed by atoms with E-state index in [9.17, 15) is 4.39 Å². The van der Waals surface area contributed by atoms with Crippen molar-refractivity contribution in [1.82, 2.24) is 4.98 Å². The van der Waals surface area contributed by atoms with Crippen molar-refractivity contribution in [3.8, 4) is 5.75 Å². The first-order valence-corrected chi connectivity index (χ1v) is 5.29. The van der Waals surface area contributed by atoms with Crippen molar-refractivity contribution in [2.45, 2.75) is 13.2 Å². The van der Waals surface area contributed by atoms with E-state index in [1.54, 1.807) is 18.5 Å². The molecule has 1 aromatic carbocycles. The highest BCUT2D eigenvalue weighted by Gasteiger charge is 2.01. The third-order valence-electron chi connectivity index (χ3n) is 2.30. The van der Waals surface area contributed by atoms with Gasteiger partial charge in [0, 0.05) is 30.6 Å². The maximum atomic E-state index is 13.2. The predicted molar refractivity (Wildman–Crippen MR) is 62.9 cm³/mol. The lowest BCUT2D eigenvalue weighted by Gasteiger charge is -2.07. The summed E-state index contributed by atoms with van der Waals surface area (Å²) in [5, 5.41) is 0. The molecule has 2 rings (SSSR count). The maximum absolute atomic E-state index is 13.2. The molecule has 0 bridgehead atoms. The molecule has 2 N–H and O–H groups in total. The fourth-order valence-corrected chi connectivity index (χ4v) is 1.47. The topological polar surface area (TPSA) is 48.1 Å². The third kappa shape index (κ3) is 3.26. The second-order valence-electron chi connectivity index (χ2n) is 3.65. The fraction of sp³-hybridized carbons (Fsp3) is 0.154. The van der Waals surface area contributed by atoms with Crippen LogP contribution < -0.4 is 10.5 Å². The average molecular weight is 232 g/mol.